The Balaban J connectivity index is 1.32. The summed E-state index contributed by atoms with van der Waals surface area (Å²) in [5.41, 5.74) is 1.05. The molecule has 2 aliphatic rings. The van der Waals surface area contributed by atoms with E-state index in [4.69, 9.17) is 0 Å². The molecule has 35 heavy (non-hydrogen) atoms. The van der Waals surface area contributed by atoms with Crippen LogP contribution in [-0.4, -0.2) is 0 Å². The molecule has 2 fully saturated rings. The molecule has 2 aromatic rings. The molecule has 0 aromatic heterocycles. The lowest BCUT2D eigenvalue weighted by atomic mass is 9.67. The highest BCUT2D eigenvalue weighted by Crippen LogP contribution is 2.46. The molecule has 0 heterocycles. The maximum absolute atomic E-state index is 14.8. The molecule has 2 saturated carbocycles. The van der Waals surface area contributed by atoms with Crippen LogP contribution in [0, 0.1) is 35.1 Å². The summed E-state index contributed by atoms with van der Waals surface area (Å²) >= 11 is 0. The van der Waals surface area contributed by atoms with E-state index in [9.17, 15) is 26.3 Å². The quantitative estimate of drug-likeness (QED) is 0.277. The van der Waals surface area contributed by atoms with Crippen molar-refractivity contribution in [2.45, 2.75) is 83.0 Å². The first-order chi connectivity index (χ1) is 16.8. The normalized spacial score (nSPS) is 25.9. The van der Waals surface area contributed by atoms with Crippen LogP contribution >= 0.6 is 0 Å². The van der Waals surface area contributed by atoms with Crippen molar-refractivity contribution in [3.05, 3.63) is 76.1 Å². The molecule has 0 amide bonds. The molecule has 0 atom stereocenters. The zero-order chi connectivity index (χ0) is 25.1. The second kappa shape index (κ2) is 11.2. The van der Waals surface area contributed by atoms with Gasteiger partial charge in [-0.3, -0.25) is 0 Å². The lowest BCUT2D eigenvalue weighted by Gasteiger charge is -2.38. The SMILES string of the molecule is CCCC(F)=C(F)c1ccc(C2CCC(C3CCC(c4cc(F)c(F)c(F)c4)CC3)CC2)c(F)c1. The van der Waals surface area contributed by atoms with Crippen LogP contribution in [0.3, 0.4) is 0 Å². The van der Waals surface area contributed by atoms with Gasteiger partial charge in [-0.05, 0) is 111 Å². The fourth-order valence-corrected chi connectivity index (χ4v) is 6.12. The molecule has 2 aromatic carbocycles. The Morgan fingerprint density at radius 2 is 1.26 bits per heavy atom. The summed E-state index contributed by atoms with van der Waals surface area (Å²) in [6.07, 6.45) is 7.66. The monoisotopic (exact) mass is 494 g/mol. The lowest BCUT2D eigenvalue weighted by molar-refractivity contribution is 0.176. The number of allylic oxidation sites excluding steroid dienone is 1. The number of halogens is 6. The average molecular weight is 495 g/mol. The summed E-state index contributed by atoms with van der Waals surface area (Å²) in [5, 5.41) is 0. The van der Waals surface area contributed by atoms with Crippen molar-refractivity contribution in [3.8, 4) is 0 Å². The van der Waals surface area contributed by atoms with Gasteiger partial charge >= 0.3 is 0 Å². The van der Waals surface area contributed by atoms with Gasteiger partial charge in [-0.15, -0.1) is 0 Å². The van der Waals surface area contributed by atoms with Gasteiger partial charge < -0.3 is 0 Å². The molecule has 0 N–H and O–H groups in total. The van der Waals surface area contributed by atoms with Crippen molar-refractivity contribution < 1.29 is 26.3 Å². The Kier molecular flexibility index (Phi) is 8.28. The highest BCUT2D eigenvalue weighted by Gasteiger charge is 2.33. The Hall–Kier alpha value is -2.24. The van der Waals surface area contributed by atoms with E-state index in [2.05, 4.69) is 0 Å². The van der Waals surface area contributed by atoms with Gasteiger partial charge in [-0.1, -0.05) is 19.1 Å². The minimum Gasteiger partial charge on any atom is -0.209 e. The van der Waals surface area contributed by atoms with E-state index in [0.717, 1.165) is 69.6 Å². The van der Waals surface area contributed by atoms with Crippen molar-refractivity contribution in [1.29, 1.82) is 0 Å². The molecule has 4 rings (SSSR count). The predicted molar refractivity (Wildman–Crippen MR) is 126 cm³/mol. The third kappa shape index (κ3) is 5.78. The molecule has 190 valence electrons. The van der Waals surface area contributed by atoms with E-state index in [-0.39, 0.29) is 23.8 Å². The van der Waals surface area contributed by atoms with E-state index in [0.29, 0.717) is 29.4 Å². The van der Waals surface area contributed by atoms with Crippen LogP contribution in [0.2, 0.25) is 0 Å². The molecule has 2 aliphatic carbocycles. The van der Waals surface area contributed by atoms with Crippen LogP contribution in [0.25, 0.3) is 5.83 Å². The minimum absolute atomic E-state index is 0.00119. The topological polar surface area (TPSA) is 0 Å². The van der Waals surface area contributed by atoms with Crippen LogP contribution in [0.5, 0.6) is 0 Å². The second-order valence-electron chi connectivity index (χ2n) is 10.2. The lowest BCUT2D eigenvalue weighted by Crippen LogP contribution is -2.25. The molecular formula is C29H32F6. The van der Waals surface area contributed by atoms with E-state index in [1.807, 2.05) is 0 Å². The van der Waals surface area contributed by atoms with Gasteiger partial charge in [0.05, 0.1) is 0 Å². The van der Waals surface area contributed by atoms with Gasteiger partial charge in [0.2, 0.25) is 0 Å². The van der Waals surface area contributed by atoms with Crippen molar-refractivity contribution in [2.75, 3.05) is 0 Å². The molecule has 0 aliphatic heterocycles. The summed E-state index contributed by atoms with van der Waals surface area (Å²) in [6.45, 7) is 1.76. The molecular weight excluding hydrogens is 462 g/mol. The van der Waals surface area contributed by atoms with Crippen LogP contribution in [0.1, 0.15) is 99.7 Å². The van der Waals surface area contributed by atoms with E-state index in [1.165, 1.54) is 6.07 Å². The third-order valence-electron chi connectivity index (χ3n) is 8.09. The summed E-state index contributed by atoms with van der Waals surface area (Å²) in [6, 6.07) is 6.41. The molecule has 0 nitrogen and oxygen atoms in total. The molecule has 0 bridgehead atoms. The number of rotatable bonds is 6. The van der Waals surface area contributed by atoms with E-state index < -0.39 is 34.9 Å². The number of benzene rings is 2. The van der Waals surface area contributed by atoms with Crippen molar-refractivity contribution >= 4 is 5.83 Å². The van der Waals surface area contributed by atoms with Gasteiger partial charge in [0.15, 0.2) is 23.3 Å². The maximum Gasteiger partial charge on any atom is 0.194 e. The smallest absolute Gasteiger partial charge is 0.194 e. The second-order valence-corrected chi connectivity index (χ2v) is 10.2. The first-order valence-electron chi connectivity index (χ1n) is 12.8. The number of hydrogen-bond donors (Lipinski definition) is 0. The first kappa shape index (κ1) is 25.8. The predicted octanol–water partition coefficient (Wildman–Crippen LogP) is 9.90. The maximum atomic E-state index is 14.8. The Morgan fingerprint density at radius 1 is 0.714 bits per heavy atom. The third-order valence-corrected chi connectivity index (χ3v) is 8.09. The highest BCUT2D eigenvalue weighted by atomic mass is 19.2. The van der Waals surface area contributed by atoms with Crippen molar-refractivity contribution in [1.82, 2.24) is 0 Å². The first-order valence-corrected chi connectivity index (χ1v) is 12.8. The zero-order valence-corrected chi connectivity index (χ0v) is 20.0. The van der Waals surface area contributed by atoms with Crippen LogP contribution in [-0.2, 0) is 0 Å². The van der Waals surface area contributed by atoms with Crippen LogP contribution in [0.15, 0.2) is 36.2 Å². The largest absolute Gasteiger partial charge is 0.209 e. The average Bonchev–Trinajstić information content (AvgIpc) is 2.87. The molecule has 0 saturated heterocycles. The summed E-state index contributed by atoms with van der Waals surface area (Å²) in [4.78, 5) is 0. The van der Waals surface area contributed by atoms with Gasteiger partial charge in [0.25, 0.3) is 0 Å². The summed E-state index contributed by atoms with van der Waals surface area (Å²) in [7, 11) is 0. The number of hydrogen-bond acceptors (Lipinski definition) is 0. The standard InChI is InChI=1S/C29H32F6/c1-2-3-24(30)28(34)21-12-13-23(25(31)14-21)20-10-8-18(9-11-20)17-4-6-19(7-5-17)22-15-26(32)29(35)27(33)16-22/h12-20H,2-11H2,1H3. The summed E-state index contributed by atoms with van der Waals surface area (Å²) in [5.74, 6) is -4.84. The fourth-order valence-electron chi connectivity index (χ4n) is 6.12. The highest BCUT2D eigenvalue weighted by molar-refractivity contribution is 5.61. The van der Waals surface area contributed by atoms with E-state index in [1.54, 1.807) is 13.0 Å². The van der Waals surface area contributed by atoms with Gasteiger partial charge in [-0.25, -0.2) is 26.3 Å². The van der Waals surface area contributed by atoms with Gasteiger partial charge in [0.1, 0.15) is 11.6 Å². The zero-order valence-electron chi connectivity index (χ0n) is 20.0. The molecule has 6 heteroatoms. The molecule has 0 radical (unpaired) electrons. The van der Waals surface area contributed by atoms with Crippen molar-refractivity contribution in [2.24, 2.45) is 11.8 Å². The fraction of sp³-hybridized carbons (Fsp3) is 0.517. The Morgan fingerprint density at radius 3 is 1.77 bits per heavy atom. The summed E-state index contributed by atoms with van der Waals surface area (Å²) < 4.78 is 83.3. The molecule has 0 spiro atoms. The minimum atomic E-state index is -1.42. The van der Waals surface area contributed by atoms with Gasteiger partial charge in [-0.2, -0.15) is 0 Å². The van der Waals surface area contributed by atoms with Gasteiger partial charge in [0, 0.05) is 12.0 Å². The van der Waals surface area contributed by atoms with Crippen molar-refractivity contribution in [3.63, 3.8) is 0 Å². The van der Waals surface area contributed by atoms with Crippen LogP contribution < -0.4 is 0 Å². The Bertz CT molecular complexity index is 1040. The van der Waals surface area contributed by atoms with E-state index >= 15 is 0 Å². The Labute approximate surface area is 203 Å². The molecule has 0 unspecified atom stereocenters. The van der Waals surface area contributed by atoms with Crippen LogP contribution in [0.4, 0.5) is 26.3 Å².